The first-order valence-corrected chi connectivity index (χ1v) is 20.9. The molecule has 0 unspecified atom stereocenters. The van der Waals surface area contributed by atoms with Crippen molar-refractivity contribution in [2.24, 2.45) is 0 Å². The maximum atomic E-state index is 6.36. The largest absolute Gasteiger partial charge is 0.456 e. The SMILES string of the molecule is CC1(C)c2ccccc2-c2ccc(N(c3ccc(-c4ccccc4)cc3)c3ccc(-c4nc(-c5ccc6oc7cc8ccccc8cc7c6c5)c5ccccc5n4)cc3)cc21. The number of aromatic nitrogens is 2. The van der Waals surface area contributed by atoms with Gasteiger partial charge in [0.05, 0.1) is 11.2 Å². The van der Waals surface area contributed by atoms with Gasteiger partial charge in [0, 0.05) is 49.8 Å². The lowest BCUT2D eigenvalue weighted by atomic mass is 9.82. The molecule has 2 heterocycles. The van der Waals surface area contributed by atoms with Crippen molar-refractivity contribution in [3.8, 4) is 44.9 Å². The summed E-state index contributed by atoms with van der Waals surface area (Å²) >= 11 is 0. The van der Waals surface area contributed by atoms with E-state index in [-0.39, 0.29) is 5.41 Å². The van der Waals surface area contributed by atoms with Crippen LogP contribution in [0.25, 0.3) is 88.5 Å². The summed E-state index contributed by atoms with van der Waals surface area (Å²) in [4.78, 5) is 12.8. The average molecular weight is 782 g/mol. The van der Waals surface area contributed by atoms with E-state index >= 15 is 0 Å². The Labute approximate surface area is 354 Å². The minimum atomic E-state index is -0.122. The molecule has 0 radical (unpaired) electrons. The van der Waals surface area contributed by atoms with Gasteiger partial charge in [-0.2, -0.15) is 0 Å². The first kappa shape index (κ1) is 35.2. The molecule has 0 amide bonds. The van der Waals surface area contributed by atoms with Crippen molar-refractivity contribution in [2.45, 2.75) is 19.3 Å². The molecular weight excluding hydrogens is 743 g/mol. The lowest BCUT2D eigenvalue weighted by Crippen LogP contribution is -2.16. The van der Waals surface area contributed by atoms with E-state index in [0.29, 0.717) is 5.82 Å². The fourth-order valence-electron chi connectivity index (χ4n) is 9.51. The van der Waals surface area contributed by atoms with E-state index in [9.17, 15) is 0 Å². The molecule has 288 valence electrons. The molecule has 0 spiro atoms. The van der Waals surface area contributed by atoms with Gasteiger partial charge in [-0.1, -0.05) is 129 Å². The van der Waals surface area contributed by atoms with Crippen molar-refractivity contribution in [1.82, 2.24) is 9.97 Å². The van der Waals surface area contributed by atoms with Gasteiger partial charge in [-0.05, 0) is 129 Å². The van der Waals surface area contributed by atoms with Crippen LogP contribution < -0.4 is 4.90 Å². The van der Waals surface area contributed by atoms with E-state index in [0.717, 1.165) is 72.1 Å². The Morgan fingerprint density at radius 3 is 1.82 bits per heavy atom. The van der Waals surface area contributed by atoms with Gasteiger partial charge in [-0.25, -0.2) is 9.97 Å². The molecule has 0 atom stereocenters. The Bertz CT molecular complexity index is 3490. The van der Waals surface area contributed by atoms with Crippen LogP contribution in [0.1, 0.15) is 25.0 Å². The normalized spacial score (nSPS) is 12.9. The Hall–Kier alpha value is -7.82. The zero-order valence-electron chi connectivity index (χ0n) is 33.8. The van der Waals surface area contributed by atoms with Gasteiger partial charge in [-0.3, -0.25) is 0 Å². The molecule has 0 N–H and O–H groups in total. The third-order valence-electron chi connectivity index (χ3n) is 12.7. The molecule has 0 saturated heterocycles. The first-order chi connectivity index (χ1) is 30.0. The molecule has 11 aromatic rings. The number of rotatable bonds is 6. The Balaban J connectivity index is 0.960. The highest BCUT2D eigenvalue weighted by molar-refractivity contribution is 6.11. The Kier molecular flexibility index (Phi) is 7.85. The molecule has 4 nitrogen and oxygen atoms in total. The van der Waals surface area contributed by atoms with E-state index in [1.807, 2.05) is 6.07 Å². The molecule has 0 fully saturated rings. The second-order valence-corrected chi connectivity index (χ2v) is 16.6. The van der Waals surface area contributed by atoms with E-state index in [1.54, 1.807) is 0 Å². The third-order valence-corrected chi connectivity index (χ3v) is 12.7. The maximum Gasteiger partial charge on any atom is 0.160 e. The van der Waals surface area contributed by atoms with Gasteiger partial charge in [0.15, 0.2) is 5.82 Å². The van der Waals surface area contributed by atoms with E-state index in [4.69, 9.17) is 14.4 Å². The summed E-state index contributed by atoms with van der Waals surface area (Å²) in [6.45, 7) is 4.68. The second-order valence-electron chi connectivity index (χ2n) is 16.6. The van der Waals surface area contributed by atoms with E-state index in [1.165, 1.54) is 38.8 Å². The van der Waals surface area contributed by atoms with Crippen LogP contribution in [0.4, 0.5) is 17.1 Å². The number of furan rings is 1. The summed E-state index contributed by atoms with van der Waals surface area (Å²) in [7, 11) is 0. The fourth-order valence-corrected chi connectivity index (χ4v) is 9.51. The lowest BCUT2D eigenvalue weighted by Gasteiger charge is -2.28. The topological polar surface area (TPSA) is 42.2 Å². The molecule has 9 aromatic carbocycles. The monoisotopic (exact) mass is 781 g/mol. The standard InChI is InChI=1S/C57H39N3O/c1-57(2)50-18-10-8-16-45(50)46-30-29-44(35-51(46)57)60(42-25-20-37(21-26-42)36-12-4-3-5-13-36)43-27-22-38(23-28-43)56-58-52-19-11-9-17-47(52)55(59-56)41-24-31-53-48(33-41)49-32-39-14-6-7-15-40(39)34-54(49)61-53/h3-35H,1-2H3. The van der Waals surface area contributed by atoms with E-state index < -0.39 is 0 Å². The minimum Gasteiger partial charge on any atom is -0.456 e. The fraction of sp³-hybridized carbons (Fsp3) is 0.0526. The molecule has 12 rings (SSSR count). The van der Waals surface area contributed by atoms with Crippen molar-refractivity contribution >= 4 is 60.7 Å². The second kappa shape index (κ2) is 13.6. The molecule has 4 heteroatoms. The number of hydrogen-bond donors (Lipinski definition) is 0. The number of para-hydroxylation sites is 1. The van der Waals surface area contributed by atoms with Crippen LogP contribution in [0.15, 0.2) is 205 Å². The zero-order valence-corrected chi connectivity index (χ0v) is 33.8. The van der Waals surface area contributed by atoms with Gasteiger partial charge < -0.3 is 9.32 Å². The third kappa shape index (κ3) is 5.75. The van der Waals surface area contributed by atoms with Gasteiger partial charge >= 0.3 is 0 Å². The van der Waals surface area contributed by atoms with Crippen molar-refractivity contribution in [2.75, 3.05) is 4.90 Å². The summed E-state index contributed by atoms with van der Waals surface area (Å²) in [5.74, 6) is 0.680. The zero-order chi connectivity index (χ0) is 40.7. The maximum absolute atomic E-state index is 6.36. The minimum absolute atomic E-state index is 0.122. The van der Waals surface area contributed by atoms with Crippen LogP contribution in [0.2, 0.25) is 0 Å². The molecule has 1 aliphatic rings. The smallest absolute Gasteiger partial charge is 0.160 e. The highest BCUT2D eigenvalue weighted by atomic mass is 16.3. The van der Waals surface area contributed by atoms with Crippen LogP contribution >= 0.6 is 0 Å². The molecule has 2 aromatic heterocycles. The molecule has 0 saturated carbocycles. The van der Waals surface area contributed by atoms with Crippen LogP contribution in [-0.2, 0) is 5.41 Å². The molecule has 61 heavy (non-hydrogen) atoms. The Morgan fingerprint density at radius 1 is 0.410 bits per heavy atom. The van der Waals surface area contributed by atoms with Crippen LogP contribution in [0.5, 0.6) is 0 Å². The average Bonchev–Trinajstić information content (AvgIpc) is 3.78. The summed E-state index contributed by atoms with van der Waals surface area (Å²) in [5.41, 5.74) is 16.3. The Morgan fingerprint density at radius 2 is 1.02 bits per heavy atom. The van der Waals surface area contributed by atoms with E-state index in [2.05, 4.69) is 213 Å². The molecular formula is C57H39N3O. The van der Waals surface area contributed by atoms with Crippen LogP contribution in [0.3, 0.4) is 0 Å². The summed E-state index contributed by atoms with van der Waals surface area (Å²) < 4.78 is 6.36. The number of nitrogens with zero attached hydrogens (tertiary/aromatic N) is 3. The summed E-state index contributed by atoms with van der Waals surface area (Å²) in [6.07, 6.45) is 0. The number of hydrogen-bond acceptors (Lipinski definition) is 4. The van der Waals surface area contributed by atoms with Crippen molar-refractivity contribution in [3.63, 3.8) is 0 Å². The van der Waals surface area contributed by atoms with Gasteiger partial charge in [0.25, 0.3) is 0 Å². The molecule has 0 bridgehead atoms. The quantitative estimate of drug-likeness (QED) is 0.168. The molecule has 0 aliphatic heterocycles. The predicted molar refractivity (Wildman–Crippen MR) is 253 cm³/mol. The first-order valence-electron chi connectivity index (χ1n) is 20.9. The number of anilines is 3. The van der Waals surface area contributed by atoms with Crippen LogP contribution in [0, 0.1) is 0 Å². The van der Waals surface area contributed by atoms with Gasteiger partial charge in [-0.15, -0.1) is 0 Å². The summed E-state index contributed by atoms with van der Waals surface area (Å²) in [5, 5.41) is 5.53. The lowest BCUT2D eigenvalue weighted by molar-refractivity contribution is 0.660. The summed E-state index contributed by atoms with van der Waals surface area (Å²) in [6, 6.07) is 71.4. The van der Waals surface area contributed by atoms with Crippen molar-refractivity contribution in [3.05, 3.63) is 211 Å². The van der Waals surface area contributed by atoms with Gasteiger partial charge in [0.2, 0.25) is 0 Å². The predicted octanol–water partition coefficient (Wildman–Crippen LogP) is 15.5. The number of fused-ring (bicyclic) bond motifs is 8. The highest BCUT2D eigenvalue weighted by Crippen LogP contribution is 2.51. The van der Waals surface area contributed by atoms with Crippen molar-refractivity contribution < 1.29 is 4.42 Å². The van der Waals surface area contributed by atoms with Gasteiger partial charge in [0.1, 0.15) is 11.2 Å². The molecule has 1 aliphatic carbocycles. The van der Waals surface area contributed by atoms with Crippen molar-refractivity contribution in [1.29, 1.82) is 0 Å². The van der Waals surface area contributed by atoms with Crippen LogP contribution in [-0.4, -0.2) is 9.97 Å². The highest BCUT2D eigenvalue weighted by Gasteiger charge is 2.35. The number of benzene rings is 9.